The van der Waals surface area contributed by atoms with Crippen LogP contribution in [0.3, 0.4) is 0 Å². The van der Waals surface area contributed by atoms with Gasteiger partial charge in [-0.25, -0.2) is 13.4 Å². The minimum atomic E-state index is -3.01. The van der Waals surface area contributed by atoms with Gasteiger partial charge in [-0.05, 0) is 18.6 Å². The Morgan fingerprint density at radius 3 is 2.68 bits per heavy atom. The largest absolute Gasteiger partial charge is 0.347 e. The number of aromatic nitrogens is 1. The monoisotopic (exact) mass is 356 g/mol. The van der Waals surface area contributed by atoms with E-state index in [4.69, 9.17) is 11.6 Å². The first-order valence-electron chi connectivity index (χ1n) is 6.66. The first-order chi connectivity index (χ1) is 10.4. The fraction of sp³-hybridized carbons (Fsp3) is 0.286. The van der Waals surface area contributed by atoms with Gasteiger partial charge in [-0.2, -0.15) is 0 Å². The quantitative estimate of drug-likeness (QED) is 0.916. The fourth-order valence-corrected chi connectivity index (χ4v) is 4.88. The molecule has 3 rings (SSSR count). The topological polar surface area (TPSA) is 76.1 Å². The lowest BCUT2D eigenvalue weighted by molar-refractivity contribution is 0.0937. The van der Waals surface area contributed by atoms with Gasteiger partial charge in [-0.15, -0.1) is 11.3 Å². The molecule has 0 radical (unpaired) electrons. The van der Waals surface area contributed by atoms with E-state index in [0.29, 0.717) is 17.1 Å². The average molecular weight is 357 g/mol. The van der Waals surface area contributed by atoms with Gasteiger partial charge in [0.15, 0.2) is 9.84 Å². The summed E-state index contributed by atoms with van der Waals surface area (Å²) in [6.07, 6.45) is 0.461. The van der Waals surface area contributed by atoms with Crippen molar-refractivity contribution in [1.29, 1.82) is 0 Å². The Morgan fingerprint density at radius 1 is 1.32 bits per heavy atom. The van der Waals surface area contributed by atoms with Crippen LogP contribution >= 0.6 is 22.9 Å². The van der Waals surface area contributed by atoms with Crippen LogP contribution in [0.4, 0.5) is 0 Å². The molecule has 1 amide bonds. The normalized spacial score (nSPS) is 20.0. The fourth-order valence-electron chi connectivity index (χ4n) is 2.27. The second-order valence-electron chi connectivity index (χ2n) is 5.12. The summed E-state index contributed by atoms with van der Waals surface area (Å²) in [5.74, 6) is -0.198. The van der Waals surface area contributed by atoms with Gasteiger partial charge in [0, 0.05) is 22.0 Å². The van der Waals surface area contributed by atoms with Crippen LogP contribution in [0, 0.1) is 0 Å². The van der Waals surface area contributed by atoms with Crippen molar-refractivity contribution >= 4 is 38.7 Å². The summed E-state index contributed by atoms with van der Waals surface area (Å²) in [6, 6.07) is 6.89. The highest BCUT2D eigenvalue weighted by atomic mass is 35.5. The molecule has 1 saturated heterocycles. The van der Waals surface area contributed by atoms with E-state index in [1.807, 2.05) is 12.1 Å². The zero-order chi connectivity index (χ0) is 15.7. The number of thiazole rings is 1. The summed E-state index contributed by atoms with van der Waals surface area (Å²) >= 11 is 7.20. The molecule has 1 N–H and O–H groups in total. The molecular weight excluding hydrogens is 344 g/mol. The van der Waals surface area contributed by atoms with Gasteiger partial charge in [0.2, 0.25) is 0 Å². The summed E-state index contributed by atoms with van der Waals surface area (Å²) in [4.78, 5) is 16.4. The molecule has 116 valence electrons. The van der Waals surface area contributed by atoms with Crippen molar-refractivity contribution in [1.82, 2.24) is 10.3 Å². The number of amides is 1. The standard InChI is InChI=1S/C14H13ClN2O3S2/c15-10-3-1-9(2-4-10)14-17-12(7-21-14)13(18)16-11-5-6-22(19,20)8-11/h1-4,7,11H,5-6,8H2,(H,16,18)/t11-/m0/s1. The lowest BCUT2D eigenvalue weighted by Gasteiger charge is -2.08. The number of rotatable bonds is 3. The van der Waals surface area contributed by atoms with Gasteiger partial charge in [0.25, 0.3) is 5.91 Å². The summed E-state index contributed by atoms with van der Waals surface area (Å²) < 4.78 is 22.8. The highest BCUT2D eigenvalue weighted by molar-refractivity contribution is 7.91. The molecule has 1 aromatic carbocycles. The molecule has 8 heteroatoms. The van der Waals surface area contributed by atoms with E-state index >= 15 is 0 Å². The number of carbonyl (C=O) groups excluding carboxylic acids is 1. The number of benzene rings is 1. The third-order valence-electron chi connectivity index (χ3n) is 3.40. The molecule has 2 aromatic rings. The molecular formula is C14H13ClN2O3S2. The van der Waals surface area contributed by atoms with Crippen LogP contribution in [0.25, 0.3) is 10.6 Å². The Balaban J connectivity index is 1.71. The molecule has 1 aliphatic rings. The molecule has 0 spiro atoms. The van der Waals surface area contributed by atoms with Crippen molar-refractivity contribution in [2.75, 3.05) is 11.5 Å². The van der Waals surface area contributed by atoms with Crippen molar-refractivity contribution in [2.24, 2.45) is 0 Å². The van der Waals surface area contributed by atoms with Crippen LogP contribution in [0.5, 0.6) is 0 Å². The van der Waals surface area contributed by atoms with E-state index in [0.717, 1.165) is 10.6 Å². The maximum absolute atomic E-state index is 12.1. The zero-order valence-corrected chi connectivity index (χ0v) is 13.8. The van der Waals surface area contributed by atoms with E-state index in [1.165, 1.54) is 11.3 Å². The van der Waals surface area contributed by atoms with Crippen LogP contribution < -0.4 is 5.32 Å². The highest BCUT2D eigenvalue weighted by Crippen LogP contribution is 2.25. The van der Waals surface area contributed by atoms with Crippen molar-refractivity contribution < 1.29 is 13.2 Å². The van der Waals surface area contributed by atoms with Crippen LogP contribution in [0.1, 0.15) is 16.9 Å². The number of hydrogen-bond donors (Lipinski definition) is 1. The smallest absolute Gasteiger partial charge is 0.271 e. The van der Waals surface area contributed by atoms with Gasteiger partial charge >= 0.3 is 0 Å². The molecule has 1 fully saturated rings. The molecule has 1 atom stereocenters. The van der Waals surface area contributed by atoms with E-state index in [2.05, 4.69) is 10.3 Å². The van der Waals surface area contributed by atoms with Gasteiger partial charge in [0.05, 0.1) is 11.5 Å². The van der Waals surface area contributed by atoms with Gasteiger partial charge in [0.1, 0.15) is 10.7 Å². The molecule has 22 heavy (non-hydrogen) atoms. The van der Waals surface area contributed by atoms with Crippen LogP contribution in [-0.4, -0.2) is 36.9 Å². The zero-order valence-electron chi connectivity index (χ0n) is 11.5. The predicted molar refractivity (Wildman–Crippen MR) is 87.1 cm³/mol. The van der Waals surface area contributed by atoms with Crippen LogP contribution in [0.2, 0.25) is 5.02 Å². The molecule has 0 unspecified atom stereocenters. The lowest BCUT2D eigenvalue weighted by Crippen LogP contribution is -2.35. The second-order valence-corrected chi connectivity index (χ2v) is 8.64. The van der Waals surface area contributed by atoms with Gasteiger partial charge in [-0.1, -0.05) is 23.7 Å². The molecule has 1 aromatic heterocycles. The Morgan fingerprint density at radius 2 is 2.05 bits per heavy atom. The second kappa shape index (κ2) is 5.98. The number of nitrogens with one attached hydrogen (secondary N) is 1. The molecule has 0 aliphatic carbocycles. The molecule has 0 saturated carbocycles. The Labute approximate surface area is 137 Å². The van der Waals surface area contributed by atoms with Crippen molar-refractivity contribution in [2.45, 2.75) is 12.5 Å². The van der Waals surface area contributed by atoms with Gasteiger partial charge in [-0.3, -0.25) is 4.79 Å². The lowest BCUT2D eigenvalue weighted by atomic mass is 10.2. The number of carbonyl (C=O) groups is 1. The van der Waals surface area contributed by atoms with Crippen molar-refractivity contribution in [3.63, 3.8) is 0 Å². The third kappa shape index (κ3) is 3.48. The average Bonchev–Trinajstić information content (AvgIpc) is 3.06. The summed E-state index contributed by atoms with van der Waals surface area (Å²) in [5.41, 5.74) is 1.19. The van der Waals surface area contributed by atoms with Gasteiger partial charge < -0.3 is 5.32 Å². The SMILES string of the molecule is O=C(N[C@H]1CCS(=O)(=O)C1)c1csc(-c2ccc(Cl)cc2)n1. The maximum atomic E-state index is 12.1. The predicted octanol–water partition coefficient (Wildman–Crippen LogP) is 2.38. The number of sulfone groups is 1. The first kappa shape index (κ1) is 15.5. The first-order valence-corrected chi connectivity index (χ1v) is 9.74. The minimum Gasteiger partial charge on any atom is -0.347 e. The number of halogens is 1. The molecule has 5 nitrogen and oxygen atoms in total. The Bertz CT molecular complexity index is 800. The van der Waals surface area contributed by atoms with E-state index in [1.54, 1.807) is 17.5 Å². The number of hydrogen-bond acceptors (Lipinski definition) is 5. The Hall–Kier alpha value is -1.44. The molecule has 0 bridgehead atoms. The van der Waals surface area contributed by atoms with Crippen LogP contribution in [-0.2, 0) is 9.84 Å². The number of nitrogens with zero attached hydrogens (tertiary/aromatic N) is 1. The Kier molecular flexibility index (Phi) is 4.20. The molecule has 1 aliphatic heterocycles. The van der Waals surface area contributed by atoms with Crippen LogP contribution in [0.15, 0.2) is 29.6 Å². The summed E-state index contributed by atoms with van der Waals surface area (Å²) in [7, 11) is -3.01. The third-order valence-corrected chi connectivity index (χ3v) is 6.31. The van der Waals surface area contributed by atoms with E-state index in [9.17, 15) is 13.2 Å². The maximum Gasteiger partial charge on any atom is 0.271 e. The highest BCUT2D eigenvalue weighted by Gasteiger charge is 2.29. The van der Waals surface area contributed by atoms with Crippen molar-refractivity contribution in [3.05, 3.63) is 40.4 Å². The summed E-state index contributed by atoms with van der Waals surface area (Å²) in [5, 5.41) is 5.76. The summed E-state index contributed by atoms with van der Waals surface area (Å²) in [6.45, 7) is 0. The molecule has 2 heterocycles. The van der Waals surface area contributed by atoms with Crippen molar-refractivity contribution in [3.8, 4) is 10.6 Å². The van der Waals surface area contributed by atoms with E-state index in [-0.39, 0.29) is 23.5 Å². The van der Waals surface area contributed by atoms with E-state index < -0.39 is 9.84 Å². The minimum absolute atomic E-state index is 0.00686.